The van der Waals surface area contributed by atoms with E-state index >= 15 is 0 Å². The Kier molecular flexibility index (Phi) is 5.13. The molecule has 5 nitrogen and oxygen atoms in total. The molecule has 1 aliphatic carbocycles. The molecule has 9 heteroatoms. The van der Waals surface area contributed by atoms with Crippen LogP contribution in [0, 0.1) is 5.92 Å². The summed E-state index contributed by atoms with van der Waals surface area (Å²) < 4.78 is 41.5. The number of aliphatic imine (C=N–C) groups is 1. The van der Waals surface area contributed by atoms with Crippen molar-refractivity contribution in [3.8, 4) is 5.75 Å². The van der Waals surface area contributed by atoms with Crippen molar-refractivity contribution < 1.29 is 22.7 Å². The van der Waals surface area contributed by atoms with Crippen molar-refractivity contribution in [3.63, 3.8) is 0 Å². The Morgan fingerprint density at radius 2 is 2.12 bits per heavy atom. The van der Waals surface area contributed by atoms with Crippen LogP contribution in [0.15, 0.2) is 35.5 Å². The fourth-order valence-electron chi connectivity index (χ4n) is 2.66. The highest BCUT2D eigenvalue weighted by atomic mass is 35.5. The molecule has 1 amide bonds. The molecule has 1 heterocycles. The molecule has 2 atom stereocenters. The number of carbonyl (C=O) groups excluding carboxylic acids is 1. The molecule has 1 aromatic rings. The minimum atomic E-state index is -4.80. The number of nitrogens with zero attached hydrogens (tertiary/aromatic N) is 2. The molecule has 1 N–H and O–H groups in total. The highest BCUT2D eigenvalue weighted by molar-refractivity contribution is 6.30. The van der Waals surface area contributed by atoms with Gasteiger partial charge in [-0.05, 0) is 49.6 Å². The van der Waals surface area contributed by atoms with Crippen molar-refractivity contribution >= 4 is 23.7 Å². The van der Waals surface area contributed by atoms with Gasteiger partial charge in [0.25, 0.3) is 0 Å². The molecule has 140 valence electrons. The van der Waals surface area contributed by atoms with Crippen LogP contribution in [-0.2, 0) is 4.79 Å². The number of carbonyl (C=O) groups is 1. The zero-order valence-electron chi connectivity index (χ0n) is 13.8. The van der Waals surface area contributed by atoms with E-state index in [1.165, 1.54) is 6.07 Å². The molecular weight excluding hydrogens is 371 g/mol. The van der Waals surface area contributed by atoms with Crippen LogP contribution in [0.2, 0.25) is 5.02 Å². The predicted octanol–water partition coefficient (Wildman–Crippen LogP) is 4.01. The van der Waals surface area contributed by atoms with Crippen LogP contribution in [0.25, 0.3) is 0 Å². The summed E-state index contributed by atoms with van der Waals surface area (Å²) in [5, 5.41) is 2.96. The van der Waals surface area contributed by atoms with E-state index in [0.717, 1.165) is 18.9 Å². The molecule has 2 aliphatic rings. The molecule has 0 spiro atoms. The van der Waals surface area contributed by atoms with Gasteiger partial charge in [0.2, 0.25) is 5.91 Å². The third-order valence-corrected chi connectivity index (χ3v) is 4.35. The molecular formula is C17H17ClF3N3O2. The first-order valence-electron chi connectivity index (χ1n) is 8.07. The maximum atomic E-state index is 12.5. The number of allylic oxidation sites excluding steroid dienone is 1. The number of alkyl halides is 3. The van der Waals surface area contributed by atoms with Crippen molar-refractivity contribution in [2.75, 3.05) is 0 Å². The van der Waals surface area contributed by atoms with Gasteiger partial charge in [-0.2, -0.15) is 0 Å². The van der Waals surface area contributed by atoms with Gasteiger partial charge in [-0.3, -0.25) is 4.79 Å². The Hall–Kier alpha value is -2.22. The van der Waals surface area contributed by atoms with Gasteiger partial charge in [-0.25, -0.2) is 4.99 Å². The minimum absolute atomic E-state index is 0.0196. The average Bonchev–Trinajstić information content (AvgIpc) is 3.37. The third-order valence-electron chi connectivity index (χ3n) is 4.13. The Morgan fingerprint density at radius 1 is 1.38 bits per heavy atom. The van der Waals surface area contributed by atoms with Gasteiger partial charge < -0.3 is 15.0 Å². The van der Waals surface area contributed by atoms with E-state index in [1.54, 1.807) is 36.4 Å². The van der Waals surface area contributed by atoms with E-state index in [1.807, 2.05) is 0 Å². The van der Waals surface area contributed by atoms with Gasteiger partial charge in [0, 0.05) is 23.4 Å². The normalized spacial score (nSPS) is 20.8. The van der Waals surface area contributed by atoms with E-state index in [2.05, 4.69) is 15.0 Å². The van der Waals surface area contributed by atoms with Gasteiger partial charge >= 0.3 is 6.36 Å². The first kappa shape index (κ1) is 18.6. The van der Waals surface area contributed by atoms with Crippen molar-refractivity contribution in [1.82, 2.24) is 10.2 Å². The molecule has 0 bridgehead atoms. The van der Waals surface area contributed by atoms with Crippen LogP contribution in [-0.4, -0.2) is 29.7 Å². The third kappa shape index (κ3) is 4.69. The lowest BCUT2D eigenvalue weighted by molar-refractivity contribution is -0.274. The smallest absolute Gasteiger partial charge is 0.406 e. The predicted molar refractivity (Wildman–Crippen MR) is 90.7 cm³/mol. The maximum Gasteiger partial charge on any atom is 0.573 e. The van der Waals surface area contributed by atoms with Gasteiger partial charge in [-0.1, -0.05) is 11.6 Å². The van der Waals surface area contributed by atoms with Gasteiger partial charge in [0.15, 0.2) is 6.29 Å². The van der Waals surface area contributed by atoms with Crippen molar-refractivity contribution in [2.24, 2.45) is 10.9 Å². The van der Waals surface area contributed by atoms with Crippen molar-refractivity contribution in [1.29, 1.82) is 0 Å². The average molecular weight is 388 g/mol. The zero-order chi connectivity index (χ0) is 18.9. The number of ether oxygens (including phenoxy) is 1. The number of halogens is 4. The van der Waals surface area contributed by atoms with Crippen LogP contribution in [0.3, 0.4) is 0 Å². The van der Waals surface area contributed by atoms with Gasteiger partial charge in [-0.15, -0.1) is 13.2 Å². The van der Waals surface area contributed by atoms with Gasteiger partial charge in [0.05, 0.1) is 6.04 Å². The summed E-state index contributed by atoms with van der Waals surface area (Å²) in [6.07, 6.45) is 1.27. The molecule has 0 radical (unpaired) electrons. The van der Waals surface area contributed by atoms with E-state index in [9.17, 15) is 18.0 Å². The Morgan fingerprint density at radius 3 is 2.77 bits per heavy atom. The van der Waals surface area contributed by atoms with Gasteiger partial charge in [0.1, 0.15) is 5.75 Å². The van der Waals surface area contributed by atoms with Crippen LogP contribution in [0.5, 0.6) is 5.75 Å². The SMILES string of the molecule is CC(c1cc(Cl)cc(OC(F)(F)F)c1)N1C=CC=NC1NC(=O)C1CC1. The number of benzene rings is 1. The standard InChI is InChI=1S/C17H17ClF3N3O2/c1-10(12-7-13(18)9-14(8-12)26-17(19,20)21)24-6-2-5-22-16(24)23-15(25)11-3-4-11/h2,5-11,16H,3-4H2,1H3,(H,23,25). The summed E-state index contributed by atoms with van der Waals surface area (Å²) in [4.78, 5) is 18.0. The number of nitrogens with one attached hydrogen (secondary N) is 1. The zero-order valence-corrected chi connectivity index (χ0v) is 14.6. The first-order valence-corrected chi connectivity index (χ1v) is 8.45. The molecule has 1 aliphatic heterocycles. The largest absolute Gasteiger partial charge is 0.573 e. The molecule has 3 rings (SSSR count). The molecule has 26 heavy (non-hydrogen) atoms. The molecule has 1 aromatic carbocycles. The Balaban J connectivity index is 1.79. The lowest BCUT2D eigenvalue weighted by Gasteiger charge is -2.35. The second-order valence-electron chi connectivity index (χ2n) is 6.19. The monoisotopic (exact) mass is 387 g/mol. The van der Waals surface area contributed by atoms with Crippen LogP contribution in [0.1, 0.15) is 31.4 Å². The lowest BCUT2D eigenvalue weighted by atomic mass is 10.1. The van der Waals surface area contributed by atoms with Crippen LogP contribution >= 0.6 is 11.6 Å². The topological polar surface area (TPSA) is 53.9 Å². The quantitative estimate of drug-likeness (QED) is 0.830. The molecule has 1 saturated carbocycles. The molecule has 0 aromatic heterocycles. The molecule has 0 saturated heterocycles. The van der Waals surface area contributed by atoms with E-state index in [-0.39, 0.29) is 16.8 Å². The van der Waals surface area contributed by atoms with Crippen LogP contribution < -0.4 is 10.1 Å². The summed E-state index contributed by atoms with van der Waals surface area (Å²) in [5.74, 6) is -0.451. The number of hydrogen-bond acceptors (Lipinski definition) is 4. The number of amides is 1. The van der Waals surface area contributed by atoms with E-state index in [4.69, 9.17) is 11.6 Å². The number of hydrogen-bond donors (Lipinski definition) is 1. The second kappa shape index (κ2) is 7.19. The minimum Gasteiger partial charge on any atom is -0.406 e. The summed E-state index contributed by atoms with van der Waals surface area (Å²) in [6.45, 7) is 1.78. The Labute approximate surface area is 153 Å². The Bertz CT molecular complexity index is 747. The van der Waals surface area contributed by atoms with Crippen molar-refractivity contribution in [3.05, 3.63) is 41.1 Å². The maximum absolute atomic E-state index is 12.5. The van der Waals surface area contributed by atoms with Crippen molar-refractivity contribution in [2.45, 2.75) is 38.5 Å². The fraction of sp³-hybridized carbons (Fsp3) is 0.412. The lowest BCUT2D eigenvalue weighted by Crippen LogP contribution is -2.47. The summed E-state index contributed by atoms with van der Waals surface area (Å²) in [5.41, 5.74) is 0.504. The van der Waals surface area contributed by atoms with E-state index < -0.39 is 24.4 Å². The van der Waals surface area contributed by atoms with Crippen LogP contribution in [0.4, 0.5) is 13.2 Å². The number of rotatable bonds is 5. The molecule has 2 unspecified atom stereocenters. The molecule has 1 fully saturated rings. The van der Waals surface area contributed by atoms with E-state index in [0.29, 0.717) is 5.56 Å². The summed E-state index contributed by atoms with van der Waals surface area (Å²) in [7, 11) is 0. The highest BCUT2D eigenvalue weighted by Crippen LogP contribution is 2.33. The second-order valence-corrected chi connectivity index (χ2v) is 6.62. The summed E-state index contributed by atoms with van der Waals surface area (Å²) in [6, 6.07) is 3.53. The fourth-order valence-corrected chi connectivity index (χ4v) is 2.89. The summed E-state index contributed by atoms with van der Waals surface area (Å²) >= 11 is 5.95. The first-order chi connectivity index (χ1) is 12.2. The highest BCUT2D eigenvalue weighted by Gasteiger charge is 2.34.